The SMILES string of the molecule is C=CCn1c(COc2cc(C)c(Cl)c(C)c2)nnc1SCC(=O)Nc1cc(Cl)c(Cl)cc1Cl. The summed E-state index contributed by atoms with van der Waals surface area (Å²) in [6.07, 6.45) is 1.73. The lowest BCUT2D eigenvalue weighted by molar-refractivity contribution is -0.113. The van der Waals surface area contributed by atoms with Crippen LogP contribution in [0.4, 0.5) is 5.69 Å². The highest BCUT2D eigenvalue weighted by Crippen LogP contribution is 2.32. The lowest BCUT2D eigenvalue weighted by Crippen LogP contribution is -2.15. The van der Waals surface area contributed by atoms with Crippen molar-refractivity contribution >= 4 is 69.8 Å². The average Bonchev–Trinajstić information content (AvgIpc) is 3.14. The van der Waals surface area contributed by atoms with Gasteiger partial charge in [0.25, 0.3) is 0 Å². The number of thioether (sulfide) groups is 1. The van der Waals surface area contributed by atoms with Gasteiger partial charge < -0.3 is 10.1 Å². The molecule has 0 radical (unpaired) electrons. The van der Waals surface area contributed by atoms with Crippen LogP contribution in [0.1, 0.15) is 17.0 Å². The third-order valence-corrected chi connectivity index (χ3v) is 7.10. The van der Waals surface area contributed by atoms with Gasteiger partial charge in [0, 0.05) is 11.6 Å². The molecular formula is C22H20Cl4N4O2S. The van der Waals surface area contributed by atoms with Crippen molar-refractivity contribution in [2.24, 2.45) is 0 Å². The van der Waals surface area contributed by atoms with Crippen molar-refractivity contribution in [2.75, 3.05) is 11.1 Å². The Balaban J connectivity index is 1.66. The summed E-state index contributed by atoms with van der Waals surface area (Å²) in [7, 11) is 0. The molecule has 1 heterocycles. The molecule has 0 saturated heterocycles. The predicted molar refractivity (Wildman–Crippen MR) is 136 cm³/mol. The molecule has 33 heavy (non-hydrogen) atoms. The summed E-state index contributed by atoms with van der Waals surface area (Å²) in [5.74, 6) is 1.10. The van der Waals surface area contributed by atoms with Gasteiger partial charge in [0.15, 0.2) is 11.0 Å². The van der Waals surface area contributed by atoms with E-state index in [4.69, 9.17) is 51.1 Å². The standard InChI is InChI=1S/C22H20Cl4N4O2S/c1-4-5-30-19(10-32-14-6-12(2)21(26)13(3)7-14)28-29-22(30)33-11-20(31)27-18-9-16(24)15(23)8-17(18)25/h4,6-9H,1,5,10-11H2,2-3H3,(H,27,31). The van der Waals surface area contributed by atoms with Crippen molar-refractivity contribution in [1.29, 1.82) is 0 Å². The zero-order chi connectivity index (χ0) is 24.1. The van der Waals surface area contributed by atoms with Gasteiger partial charge in [-0.25, -0.2) is 0 Å². The van der Waals surface area contributed by atoms with Crippen LogP contribution in [0.3, 0.4) is 0 Å². The van der Waals surface area contributed by atoms with Crippen LogP contribution in [0.25, 0.3) is 0 Å². The van der Waals surface area contributed by atoms with Crippen LogP contribution in [-0.2, 0) is 17.9 Å². The third-order valence-electron chi connectivity index (χ3n) is 4.50. The Labute approximate surface area is 216 Å². The molecular weight excluding hydrogens is 526 g/mol. The zero-order valence-electron chi connectivity index (χ0n) is 17.8. The second-order valence-corrected chi connectivity index (χ2v) is 9.58. The number of nitrogens with one attached hydrogen (secondary N) is 1. The summed E-state index contributed by atoms with van der Waals surface area (Å²) in [6, 6.07) is 6.73. The Morgan fingerprint density at radius 3 is 2.42 bits per heavy atom. The number of ether oxygens (including phenoxy) is 1. The largest absolute Gasteiger partial charge is 0.486 e. The number of benzene rings is 2. The van der Waals surface area contributed by atoms with Crippen molar-refractivity contribution < 1.29 is 9.53 Å². The Bertz CT molecular complexity index is 1180. The fourth-order valence-corrected chi connectivity index (χ4v) is 4.39. The number of aromatic nitrogens is 3. The van der Waals surface area contributed by atoms with Crippen LogP contribution in [0.2, 0.25) is 20.1 Å². The summed E-state index contributed by atoms with van der Waals surface area (Å²) in [6.45, 7) is 8.30. The molecule has 11 heteroatoms. The first-order chi connectivity index (χ1) is 15.7. The Kier molecular flexibility index (Phi) is 8.95. The van der Waals surface area contributed by atoms with E-state index in [2.05, 4.69) is 22.1 Å². The van der Waals surface area contributed by atoms with Gasteiger partial charge in [0.2, 0.25) is 5.91 Å². The molecule has 1 N–H and O–H groups in total. The highest BCUT2D eigenvalue weighted by Gasteiger charge is 2.16. The molecule has 0 saturated carbocycles. The maximum absolute atomic E-state index is 12.4. The molecule has 0 aliphatic rings. The number of aryl methyl sites for hydroxylation is 2. The normalized spacial score (nSPS) is 10.8. The molecule has 3 aromatic rings. The van der Waals surface area contributed by atoms with E-state index in [9.17, 15) is 4.79 Å². The van der Waals surface area contributed by atoms with Crippen LogP contribution in [-0.4, -0.2) is 26.4 Å². The van der Waals surface area contributed by atoms with Gasteiger partial charge in [0.1, 0.15) is 12.4 Å². The Morgan fingerprint density at radius 1 is 1.09 bits per heavy atom. The van der Waals surface area contributed by atoms with Crippen LogP contribution < -0.4 is 10.1 Å². The molecule has 0 aliphatic carbocycles. The Hall–Kier alpha value is -1.90. The van der Waals surface area contributed by atoms with Crippen LogP contribution in [0.5, 0.6) is 5.75 Å². The second-order valence-electron chi connectivity index (χ2n) is 7.04. The van der Waals surface area contributed by atoms with Gasteiger partial charge in [-0.15, -0.1) is 16.8 Å². The molecule has 0 bridgehead atoms. The molecule has 0 aliphatic heterocycles. The summed E-state index contributed by atoms with van der Waals surface area (Å²) in [5, 5.41) is 13.3. The molecule has 6 nitrogen and oxygen atoms in total. The van der Waals surface area contributed by atoms with Crippen molar-refractivity contribution in [2.45, 2.75) is 32.2 Å². The van der Waals surface area contributed by atoms with E-state index in [1.165, 1.54) is 23.9 Å². The molecule has 1 amide bonds. The van der Waals surface area contributed by atoms with Gasteiger partial charge in [-0.05, 0) is 49.2 Å². The minimum atomic E-state index is -0.279. The minimum absolute atomic E-state index is 0.0856. The van der Waals surface area contributed by atoms with Gasteiger partial charge in [0.05, 0.1) is 26.5 Å². The Morgan fingerprint density at radius 2 is 1.76 bits per heavy atom. The summed E-state index contributed by atoms with van der Waals surface area (Å²) in [4.78, 5) is 12.4. The molecule has 0 spiro atoms. The van der Waals surface area contributed by atoms with E-state index in [0.717, 1.165) is 16.1 Å². The number of amides is 1. The first kappa shape index (κ1) is 25.7. The number of carbonyl (C=O) groups is 1. The average molecular weight is 546 g/mol. The highest BCUT2D eigenvalue weighted by atomic mass is 35.5. The summed E-state index contributed by atoms with van der Waals surface area (Å²) < 4.78 is 7.74. The zero-order valence-corrected chi connectivity index (χ0v) is 21.6. The molecule has 174 valence electrons. The lowest BCUT2D eigenvalue weighted by Gasteiger charge is -2.11. The lowest BCUT2D eigenvalue weighted by atomic mass is 10.1. The number of anilines is 1. The number of carbonyl (C=O) groups excluding carboxylic acids is 1. The smallest absolute Gasteiger partial charge is 0.234 e. The number of allylic oxidation sites excluding steroid dienone is 1. The predicted octanol–water partition coefficient (Wildman–Crippen LogP) is 7.00. The van der Waals surface area contributed by atoms with Gasteiger partial charge in [-0.2, -0.15) is 0 Å². The molecule has 3 rings (SSSR count). The van der Waals surface area contributed by atoms with Crippen molar-refractivity contribution in [1.82, 2.24) is 14.8 Å². The number of rotatable bonds is 9. The summed E-state index contributed by atoms with van der Waals surface area (Å²) in [5.41, 5.74) is 2.25. The monoisotopic (exact) mass is 544 g/mol. The van der Waals surface area contributed by atoms with Crippen molar-refractivity contribution in [3.05, 3.63) is 74.0 Å². The number of hydrogen-bond acceptors (Lipinski definition) is 5. The number of nitrogens with zero attached hydrogens (tertiary/aromatic N) is 3. The van der Waals surface area contributed by atoms with E-state index < -0.39 is 0 Å². The van der Waals surface area contributed by atoms with E-state index in [0.29, 0.717) is 44.0 Å². The van der Waals surface area contributed by atoms with Crippen LogP contribution in [0, 0.1) is 13.8 Å². The number of halogens is 4. The molecule has 0 atom stereocenters. The fourth-order valence-electron chi connectivity index (χ4n) is 2.92. The van der Waals surface area contributed by atoms with E-state index in [1.807, 2.05) is 30.5 Å². The molecule has 1 aromatic heterocycles. The van der Waals surface area contributed by atoms with Gasteiger partial charge in [-0.3, -0.25) is 9.36 Å². The maximum atomic E-state index is 12.4. The van der Waals surface area contributed by atoms with Gasteiger partial charge >= 0.3 is 0 Å². The topological polar surface area (TPSA) is 69.0 Å². The number of hydrogen-bond donors (Lipinski definition) is 1. The molecule has 0 fully saturated rings. The second kappa shape index (κ2) is 11.5. The minimum Gasteiger partial charge on any atom is -0.486 e. The first-order valence-corrected chi connectivity index (χ1v) is 12.2. The van der Waals surface area contributed by atoms with E-state index in [-0.39, 0.29) is 18.3 Å². The molecule has 2 aromatic carbocycles. The van der Waals surface area contributed by atoms with Crippen LogP contribution >= 0.6 is 58.2 Å². The van der Waals surface area contributed by atoms with Crippen LogP contribution in [0.15, 0.2) is 42.1 Å². The summed E-state index contributed by atoms with van der Waals surface area (Å²) >= 11 is 25.5. The van der Waals surface area contributed by atoms with E-state index in [1.54, 1.807) is 6.08 Å². The fraction of sp³-hybridized carbons (Fsp3) is 0.227. The van der Waals surface area contributed by atoms with Gasteiger partial charge in [-0.1, -0.05) is 64.2 Å². The van der Waals surface area contributed by atoms with Crippen molar-refractivity contribution in [3.8, 4) is 5.75 Å². The molecule has 0 unspecified atom stereocenters. The van der Waals surface area contributed by atoms with Crippen molar-refractivity contribution in [3.63, 3.8) is 0 Å². The quantitative estimate of drug-likeness (QED) is 0.178. The third kappa shape index (κ3) is 6.58. The highest BCUT2D eigenvalue weighted by molar-refractivity contribution is 7.99. The maximum Gasteiger partial charge on any atom is 0.234 e. The van der Waals surface area contributed by atoms with E-state index >= 15 is 0 Å². The first-order valence-electron chi connectivity index (χ1n) is 9.69.